The standard InChI is InChI=1S/C26H24N4O2S/c1-29(26(32)22-14-8-9-15-23(22)33-18-24(27)31)16-20-17-30(21-12-6-3-7-13-21)28-25(20)19-10-4-2-5-11-19/h2-15,17H,16,18H2,1H3,(H2,27,31). The molecule has 0 fully saturated rings. The average molecular weight is 457 g/mol. The number of hydrogen-bond acceptors (Lipinski definition) is 4. The smallest absolute Gasteiger partial charge is 0.255 e. The van der Waals surface area contributed by atoms with E-state index in [-0.39, 0.29) is 11.7 Å². The van der Waals surface area contributed by atoms with Gasteiger partial charge in [-0.2, -0.15) is 5.10 Å². The van der Waals surface area contributed by atoms with Crippen LogP contribution in [-0.4, -0.2) is 39.3 Å². The summed E-state index contributed by atoms with van der Waals surface area (Å²) in [6, 6.07) is 27.1. The molecule has 1 aromatic heterocycles. The Hall–Kier alpha value is -3.84. The van der Waals surface area contributed by atoms with Crippen molar-refractivity contribution in [3.8, 4) is 16.9 Å². The van der Waals surface area contributed by atoms with Gasteiger partial charge in [0.15, 0.2) is 0 Å². The number of carbonyl (C=O) groups is 2. The second-order valence-electron chi connectivity index (χ2n) is 7.56. The van der Waals surface area contributed by atoms with Crippen molar-refractivity contribution in [1.82, 2.24) is 14.7 Å². The summed E-state index contributed by atoms with van der Waals surface area (Å²) in [5.41, 5.74) is 9.53. The third-order valence-corrected chi connectivity index (χ3v) is 6.20. The zero-order valence-electron chi connectivity index (χ0n) is 18.2. The topological polar surface area (TPSA) is 81.2 Å². The number of amides is 2. The van der Waals surface area contributed by atoms with Crippen LogP contribution in [0.3, 0.4) is 0 Å². The maximum atomic E-state index is 13.3. The minimum absolute atomic E-state index is 0.121. The Kier molecular flexibility index (Phi) is 6.90. The highest BCUT2D eigenvalue weighted by Crippen LogP contribution is 2.27. The summed E-state index contributed by atoms with van der Waals surface area (Å²) in [6.07, 6.45) is 1.97. The van der Waals surface area contributed by atoms with Crippen LogP contribution in [0.25, 0.3) is 16.9 Å². The fourth-order valence-electron chi connectivity index (χ4n) is 3.53. The molecule has 33 heavy (non-hydrogen) atoms. The van der Waals surface area contributed by atoms with Crippen molar-refractivity contribution in [2.24, 2.45) is 5.73 Å². The highest BCUT2D eigenvalue weighted by Gasteiger charge is 2.20. The Morgan fingerprint density at radius 2 is 1.58 bits per heavy atom. The number of benzene rings is 3. The molecule has 166 valence electrons. The first-order chi connectivity index (χ1) is 16.0. The molecule has 0 aliphatic carbocycles. The first kappa shape index (κ1) is 22.4. The van der Waals surface area contributed by atoms with E-state index in [1.165, 1.54) is 11.8 Å². The van der Waals surface area contributed by atoms with Gasteiger partial charge in [-0.15, -0.1) is 11.8 Å². The van der Waals surface area contributed by atoms with Crippen molar-refractivity contribution in [3.05, 3.63) is 102 Å². The first-order valence-corrected chi connectivity index (χ1v) is 11.5. The third-order valence-electron chi connectivity index (χ3n) is 5.10. The van der Waals surface area contributed by atoms with Crippen molar-refractivity contribution in [2.45, 2.75) is 11.4 Å². The molecule has 0 radical (unpaired) electrons. The molecular weight excluding hydrogens is 432 g/mol. The molecular formula is C26H24N4O2S. The van der Waals surface area contributed by atoms with Crippen LogP contribution < -0.4 is 5.73 Å². The van der Waals surface area contributed by atoms with E-state index in [0.29, 0.717) is 12.1 Å². The van der Waals surface area contributed by atoms with Crippen molar-refractivity contribution in [3.63, 3.8) is 0 Å². The van der Waals surface area contributed by atoms with E-state index in [9.17, 15) is 9.59 Å². The van der Waals surface area contributed by atoms with Gasteiger partial charge in [0.25, 0.3) is 5.91 Å². The molecule has 0 saturated carbocycles. The van der Waals surface area contributed by atoms with Gasteiger partial charge in [-0.05, 0) is 24.3 Å². The number of para-hydroxylation sites is 1. The predicted molar refractivity (Wildman–Crippen MR) is 131 cm³/mol. The zero-order chi connectivity index (χ0) is 23.2. The Morgan fingerprint density at radius 3 is 2.27 bits per heavy atom. The minimum atomic E-state index is -0.420. The molecule has 3 aromatic carbocycles. The van der Waals surface area contributed by atoms with Crippen molar-refractivity contribution in [2.75, 3.05) is 12.8 Å². The molecule has 0 saturated heterocycles. The lowest BCUT2D eigenvalue weighted by molar-refractivity contribution is -0.115. The van der Waals surface area contributed by atoms with E-state index in [1.807, 2.05) is 89.7 Å². The van der Waals surface area contributed by atoms with Crippen molar-refractivity contribution >= 4 is 23.6 Å². The molecule has 0 aliphatic heterocycles. The first-order valence-electron chi connectivity index (χ1n) is 10.5. The largest absolute Gasteiger partial charge is 0.369 e. The summed E-state index contributed by atoms with van der Waals surface area (Å²) in [5.74, 6) is -0.429. The van der Waals surface area contributed by atoms with Crippen LogP contribution in [-0.2, 0) is 11.3 Å². The van der Waals surface area contributed by atoms with Crippen LogP contribution in [0.15, 0.2) is 96.0 Å². The Bertz CT molecular complexity index is 1260. The van der Waals surface area contributed by atoms with Crippen LogP contribution in [0.4, 0.5) is 0 Å². The lowest BCUT2D eigenvalue weighted by Gasteiger charge is -2.19. The molecule has 0 bridgehead atoms. The van der Waals surface area contributed by atoms with E-state index in [2.05, 4.69) is 0 Å². The second kappa shape index (κ2) is 10.2. The lowest BCUT2D eigenvalue weighted by Crippen LogP contribution is -2.27. The number of hydrogen-bond donors (Lipinski definition) is 1. The molecule has 2 N–H and O–H groups in total. The van der Waals surface area contributed by atoms with E-state index >= 15 is 0 Å². The van der Waals surface area contributed by atoms with E-state index in [1.54, 1.807) is 18.0 Å². The number of nitrogens with two attached hydrogens (primary N) is 1. The summed E-state index contributed by atoms with van der Waals surface area (Å²) in [4.78, 5) is 26.9. The molecule has 0 atom stereocenters. The zero-order valence-corrected chi connectivity index (χ0v) is 19.0. The van der Waals surface area contributed by atoms with E-state index in [4.69, 9.17) is 10.8 Å². The quantitative estimate of drug-likeness (QED) is 0.399. The second-order valence-corrected chi connectivity index (χ2v) is 8.58. The highest BCUT2D eigenvalue weighted by molar-refractivity contribution is 8.00. The summed E-state index contributed by atoms with van der Waals surface area (Å²) < 4.78 is 1.84. The van der Waals surface area contributed by atoms with Gasteiger partial charge in [-0.1, -0.05) is 60.7 Å². The lowest BCUT2D eigenvalue weighted by atomic mass is 10.1. The molecule has 1 heterocycles. The number of thioether (sulfide) groups is 1. The number of primary amides is 1. The number of aromatic nitrogens is 2. The van der Waals surface area contributed by atoms with E-state index < -0.39 is 5.91 Å². The maximum absolute atomic E-state index is 13.3. The Balaban J connectivity index is 1.64. The summed E-state index contributed by atoms with van der Waals surface area (Å²) in [5, 5.41) is 4.83. The highest BCUT2D eigenvalue weighted by atomic mass is 32.2. The van der Waals surface area contributed by atoms with Crippen molar-refractivity contribution < 1.29 is 9.59 Å². The predicted octanol–water partition coefficient (Wildman–Crippen LogP) is 4.39. The van der Waals surface area contributed by atoms with Crippen LogP contribution in [0.1, 0.15) is 15.9 Å². The van der Waals surface area contributed by atoms with Crippen LogP contribution in [0, 0.1) is 0 Å². The maximum Gasteiger partial charge on any atom is 0.255 e. The van der Waals surface area contributed by atoms with Crippen LogP contribution >= 0.6 is 11.8 Å². The number of carbonyl (C=O) groups excluding carboxylic acids is 2. The van der Waals surface area contributed by atoms with Gasteiger partial charge in [0, 0.05) is 35.8 Å². The van der Waals surface area contributed by atoms with Gasteiger partial charge in [-0.3, -0.25) is 9.59 Å². The molecule has 7 heteroatoms. The molecule has 2 amide bonds. The van der Waals surface area contributed by atoms with Gasteiger partial charge >= 0.3 is 0 Å². The van der Waals surface area contributed by atoms with Gasteiger partial charge in [0.1, 0.15) is 0 Å². The summed E-state index contributed by atoms with van der Waals surface area (Å²) in [7, 11) is 1.77. The summed E-state index contributed by atoms with van der Waals surface area (Å²) >= 11 is 1.27. The minimum Gasteiger partial charge on any atom is -0.369 e. The van der Waals surface area contributed by atoms with Gasteiger partial charge in [0.05, 0.1) is 22.7 Å². The average Bonchev–Trinajstić information content (AvgIpc) is 3.27. The Labute approximate surface area is 197 Å². The SMILES string of the molecule is CN(Cc1cn(-c2ccccc2)nc1-c1ccccc1)C(=O)c1ccccc1SCC(N)=O. The van der Waals surface area contributed by atoms with Crippen LogP contribution in [0.5, 0.6) is 0 Å². The Morgan fingerprint density at radius 1 is 0.939 bits per heavy atom. The molecule has 0 unspecified atom stereocenters. The fraction of sp³-hybridized carbons (Fsp3) is 0.115. The monoisotopic (exact) mass is 456 g/mol. The number of rotatable bonds is 8. The van der Waals surface area contributed by atoms with Crippen LogP contribution in [0.2, 0.25) is 0 Å². The van der Waals surface area contributed by atoms with Gasteiger partial charge < -0.3 is 10.6 Å². The summed E-state index contributed by atoms with van der Waals surface area (Å²) in [6.45, 7) is 0.380. The van der Waals surface area contributed by atoms with Crippen molar-refractivity contribution in [1.29, 1.82) is 0 Å². The third kappa shape index (κ3) is 5.32. The molecule has 0 aliphatic rings. The van der Waals surface area contributed by atoms with E-state index in [0.717, 1.165) is 27.4 Å². The number of nitrogens with zero attached hydrogens (tertiary/aromatic N) is 3. The molecule has 4 rings (SSSR count). The van der Waals surface area contributed by atoms with Gasteiger partial charge in [-0.25, -0.2) is 4.68 Å². The fourth-order valence-corrected chi connectivity index (χ4v) is 4.31. The molecule has 4 aromatic rings. The normalized spacial score (nSPS) is 10.7. The molecule has 6 nitrogen and oxygen atoms in total. The molecule has 0 spiro atoms. The van der Waals surface area contributed by atoms with Gasteiger partial charge in [0.2, 0.25) is 5.91 Å².